The number of hydrogen-bond acceptors (Lipinski definition) is 2. The van der Waals surface area contributed by atoms with E-state index in [-0.39, 0.29) is 37.6 Å². The van der Waals surface area contributed by atoms with E-state index < -0.39 is 24.1 Å². The first-order valence-electron chi connectivity index (χ1n) is 8.67. The lowest BCUT2D eigenvalue weighted by Crippen LogP contribution is -2.44. The van der Waals surface area contributed by atoms with E-state index in [0.717, 1.165) is 4.47 Å². The van der Waals surface area contributed by atoms with Crippen molar-refractivity contribution < 1.29 is 22.8 Å². The van der Waals surface area contributed by atoms with Gasteiger partial charge >= 0.3 is 6.18 Å². The normalized spacial score (nSPS) is 26.8. The molecule has 1 aromatic carbocycles. The van der Waals surface area contributed by atoms with Gasteiger partial charge in [0, 0.05) is 23.5 Å². The zero-order valence-corrected chi connectivity index (χ0v) is 15.6. The van der Waals surface area contributed by atoms with E-state index in [1.165, 1.54) is 0 Å². The highest BCUT2D eigenvalue weighted by molar-refractivity contribution is 9.10. The Morgan fingerprint density at radius 1 is 1.23 bits per heavy atom. The molecular weight excluding hydrogens is 413 g/mol. The molecular formula is C18H20BrF3N2O2. The smallest absolute Gasteiger partial charge is 0.353 e. The fourth-order valence-electron chi connectivity index (χ4n) is 3.72. The first kappa shape index (κ1) is 19.2. The monoisotopic (exact) mass is 432 g/mol. The number of amides is 2. The van der Waals surface area contributed by atoms with Crippen LogP contribution in [0.4, 0.5) is 18.9 Å². The lowest BCUT2D eigenvalue weighted by molar-refractivity contribution is -0.184. The molecule has 0 aromatic heterocycles. The van der Waals surface area contributed by atoms with Crippen LogP contribution in [-0.4, -0.2) is 30.6 Å². The molecule has 0 bridgehead atoms. The number of hydrogen-bond donors (Lipinski definition) is 1. The molecule has 3 unspecified atom stereocenters. The summed E-state index contributed by atoms with van der Waals surface area (Å²) >= 11 is 3.39. The number of alkyl halides is 3. The number of rotatable bonds is 3. The van der Waals surface area contributed by atoms with Crippen LogP contribution >= 0.6 is 15.9 Å². The fraction of sp³-hybridized carbons (Fsp3) is 0.556. The molecule has 1 saturated heterocycles. The SMILES string of the molecule is O=C(NC1CCCC(C(F)(F)F)C1)C1CC(=O)N(c2ccccc2Br)C1. The molecule has 1 aliphatic heterocycles. The average molecular weight is 433 g/mol. The van der Waals surface area contributed by atoms with Gasteiger partial charge < -0.3 is 10.2 Å². The minimum Gasteiger partial charge on any atom is -0.353 e. The van der Waals surface area contributed by atoms with Gasteiger partial charge in [-0.25, -0.2) is 0 Å². The summed E-state index contributed by atoms with van der Waals surface area (Å²) in [4.78, 5) is 26.3. The minimum absolute atomic E-state index is 0.0720. The maximum absolute atomic E-state index is 12.9. The predicted octanol–water partition coefficient (Wildman–Crippen LogP) is 4.04. The summed E-state index contributed by atoms with van der Waals surface area (Å²) in [5.74, 6) is -2.39. The lowest BCUT2D eigenvalue weighted by Gasteiger charge is -2.31. The molecule has 1 heterocycles. The van der Waals surface area contributed by atoms with Gasteiger partial charge in [-0.3, -0.25) is 9.59 Å². The molecule has 0 spiro atoms. The molecule has 142 valence electrons. The quantitative estimate of drug-likeness (QED) is 0.783. The van der Waals surface area contributed by atoms with Crippen molar-refractivity contribution in [2.45, 2.75) is 44.3 Å². The molecule has 4 nitrogen and oxygen atoms in total. The molecule has 2 amide bonds. The third-order valence-corrected chi connectivity index (χ3v) is 5.79. The van der Waals surface area contributed by atoms with E-state index >= 15 is 0 Å². The maximum atomic E-state index is 12.9. The predicted molar refractivity (Wildman–Crippen MR) is 94.5 cm³/mol. The van der Waals surface area contributed by atoms with Crippen molar-refractivity contribution in [3.63, 3.8) is 0 Å². The molecule has 3 rings (SSSR count). The van der Waals surface area contributed by atoms with Crippen LogP contribution in [0.15, 0.2) is 28.7 Å². The topological polar surface area (TPSA) is 49.4 Å². The van der Waals surface area contributed by atoms with Gasteiger partial charge in [0.1, 0.15) is 0 Å². The number of nitrogens with one attached hydrogen (secondary N) is 1. The summed E-state index contributed by atoms with van der Waals surface area (Å²) in [7, 11) is 0. The van der Waals surface area contributed by atoms with E-state index in [1.807, 2.05) is 12.1 Å². The van der Waals surface area contributed by atoms with Crippen LogP contribution in [0.5, 0.6) is 0 Å². The summed E-state index contributed by atoms with van der Waals surface area (Å²) in [5, 5.41) is 2.74. The van der Waals surface area contributed by atoms with E-state index in [4.69, 9.17) is 0 Å². The third kappa shape index (κ3) is 4.22. The van der Waals surface area contributed by atoms with Crippen molar-refractivity contribution in [1.29, 1.82) is 0 Å². The molecule has 8 heteroatoms. The van der Waals surface area contributed by atoms with Crippen LogP contribution in [0.1, 0.15) is 32.1 Å². The van der Waals surface area contributed by atoms with Crippen molar-refractivity contribution in [2.24, 2.45) is 11.8 Å². The van der Waals surface area contributed by atoms with Crippen LogP contribution in [-0.2, 0) is 9.59 Å². The number of nitrogens with zero attached hydrogens (tertiary/aromatic N) is 1. The standard InChI is InChI=1S/C18H20BrF3N2O2/c19-14-6-1-2-7-15(14)24-10-11(8-16(24)25)17(26)23-13-5-3-4-12(9-13)18(20,21)22/h1-2,6-7,11-13H,3-5,8-10H2,(H,23,26). The number of anilines is 1. The van der Waals surface area contributed by atoms with Gasteiger partial charge in [-0.2, -0.15) is 13.2 Å². The Bertz CT molecular complexity index is 695. The zero-order valence-electron chi connectivity index (χ0n) is 14.1. The van der Waals surface area contributed by atoms with Crippen molar-refractivity contribution >= 4 is 33.4 Å². The lowest BCUT2D eigenvalue weighted by atomic mass is 9.85. The molecule has 0 radical (unpaired) electrons. The largest absolute Gasteiger partial charge is 0.391 e. The van der Waals surface area contributed by atoms with Crippen molar-refractivity contribution in [3.8, 4) is 0 Å². The molecule has 26 heavy (non-hydrogen) atoms. The zero-order chi connectivity index (χ0) is 18.9. The first-order valence-corrected chi connectivity index (χ1v) is 9.47. The number of para-hydroxylation sites is 1. The van der Waals surface area contributed by atoms with Crippen molar-refractivity contribution in [2.75, 3.05) is 11.4 Å². The van der Waals surface area contributed by atoms with Gasteiger partial charge in [-0.05, 0) is 47.3 Å². The Kier molecular flexibility index (Phi) is 5.60. The summed E-state index contributed by atoms with van der Waals surface area (Å²) in [6.07, 6.45) is -3.11. The fourth-order valence-corrected chi connectivity index (χ4v) is 4.22. The highest BCUT2D eigenvalue weighted by Crippen LogP contribution is 2.38. The van der Waals surface area contributed by atoms with Gasteiger partial charge in [-0.1, -0.05) is 18.6 Å². The summed E-state index contributed by atoms with van der Waals surface area (Å²) < 4.78 is 39.5. The van der Waals surface area contributed by atoms with E-state index in [2.05, 4.69) is 21.2 Å². The van der Waals surface area contributed by atoms with Crippen molar-refractivity contribution in [3.05, 3.63) is 28.7 Å². The molecule has 1 aliphatic carbocycles. The first-order chi connectivity index (χ1) is 12.3. The van der Waals surface area contributed by atoms with E-state index in [9.17, 15) is 22.8 Å². The van der Waals surface area contributed by atoms with Gasteiger partial charge in [0.25, 0.3) is 0 Å². The summed E-state index contributed by atoms with van der Waals surface area (Å²) in [6, 6.07) is 6.76. The molecule has 1 aromatic rings. The second-order valence-corrected chi connectivity index (χ2v) is 7.82. The van der Waals surface area contributed by atoms with E-state index in [0.29, 0.717) is 18.5 Å². The van der Waals surface area contributed by atoms with Crippen LogP contribution in [0.3, 0.4) is 0 Å². The van der Waals surface area contributed by atoms with Crippen LogP contribution in [0.2, 0.25) is 0 Å². The second-order valence-electron chi connectivity index (χ2n) is 6.97. The number of halogens is 4. The highest BCUT2D eigenvalue weighted by Gasteiger charge is 2.43. The molecule has 3 atom stereocenters. The number of benzene rings is 1. The second kappa shape index (κ2) is 7.58. The van der Waals surface area contributed by atoms with Gasteiger partial charge in [-0.15, -0.1) is 0 Å². The Balaban J connectivity index is 1.61. The average Bonchev–Trinajstić information content (AvgIpc) is 2.97. The van der Waals surface area contributed by atoms with E-state index in [1.54, 1.807) is 17.0 Å². The third-order valence-electron chi connectivity index (χ3n) is 5.12. The van der Waals surface area contributed by atoms with Crippen LogP contribution < -0.4 is 10.2 Å². The Morgan fingerprint density at radius 3 is 2.65 bits per heavy atom. The summed E-state index contributed by atoms with van der Waals surface area (Å²) in [5.41, 5.74) is 0.697. The molecule has 2 aliphatic rings. The molecule has 2 fully saturated rings. The van der Waals surface area contributed by atoms with Gasteiger partial charge in [0.05, 0.1) is 17.5 Å². The maximum Gasteiger partial charge on any atom is 0.391 e. The molecule has 1 N–H and O–H groups in total. The number of carbonyl (C=O) groups is 2. The Hall–Kier alpha value is -1.57. The van der Waals surface area contributed by atoms with Gasteiger partial charge in [0.15, 0.2) is 0 Å². The molecule has 1 saturated carbocycles. The van der Waals surface area contributed by atoms with Crippen LogP contribution in [0.25, 0.3) is 0 Å². The Morgan fingerprint density at radius 2 is 1.96 bits per heavy atom. The van der Waals surface area contributed by atoms with Crippen LogP contribution in [0, 0.1) is 11.8 Å². The number of carbonyl (C=O) groups excluding carboxylic acids is 2. The Labute approximate surface area is 158 Å². The minimum atomic E-state index is -4.22. The van der Waals surface area contributed by atoms with Gasteiger partial charge in [0.2, 0.25) is 11.8 Å². The van der Waals surface area contributed by atoms with Crippen molar-refractivity contribution in [1.82, 2.24) is 5.32 Å². The highest BCUT2D eigenvalue weighted by atomic mass is 79.9. The summed E-state index contributed by atoms with van der Waals surface area (Å²) in [6.45, 7) is 0.239.